The van der Waals surface area contributed by atoms with Gasteiger partial charge in [-0.05, 0) is 36.8 Å². The molecular formula is C30H53O2PS2Zn. The van der Waals surface area contributed by atoms with E-state index >= 15 is 0 Å². The molecule has 2 nitrogen and oxygen atoms in total. The number of hydrogen-bond donors (Lipinski definition) is 0. The molecule has 0 radical (unpaired) electrons. The van der Waals surface area contributed by atoms with Gasteiger partial charge in [-0.3, -0.25) is 0 Å². The Morgan fingerprint density at radius 3 is 1.19 bits per heavy atom. The van der Waals surface area contributed by atoms with Gasteiger partial charge in [-0.25, -0.2) is 0 Å². The van der Waals surface area contributed by atoms with Crippen molar-refractivity contribution < 1.29 is 28.9 Å². The standard InChI is InChI=1S/C30H55O2PS2.Zn/c1-3-5-7-9-11-13-15-17-19-21-24-28-26-23-27-29(30(28)32-33(31,34)35)25-22-20-18-16-14-12-10-8-6-4-2;/h23,26-27H,3-22,24-25H2,1-2H3,(H2,31,34,35);/q;+2/p-2. The topological polar surface area (TPSA) is 32.3 Å². The molecule has 0 aliphatic heterocycles. The molecule has 1 aromatic rings. The Morgan fingerprint density at radius 1 is 0.583 bits per heavy atom. The molecule has 0 unspecified atom stereocenters. The van der Waals surface area contributed by atoms with Crippen molar-refractivity contribution in [2.75, 3.05) is 0 Å². The molecule has 36 heavy (non-hydrogen) atoms. The average molecular weight is 606 g/mol. The fourth-order valence-electron chi connectivity index (χ4n) is 4.87. The third kappa shape index (κ3) is 20.7. The predicted octanol–water partition coefficient (Wildman–Crippen LogP) is 10.1. The van der Waals surface area contributed by atoms with E-state index in [0.29, 0.717) is 0 Å². The van der Waals surface area contributed by atoms with Gasteiger partial charge in [0.25, 0.3) is 0 Å². The van der Waals surface area contributed by atoms with Crippen LogP contribution >= 0.6 is 6.12 Å². The second kappa shape index (κ2) is 24.8. The van der Waals surface area contributed by atoms with Crippen molar-refractivity contribution in [2.24, 2.45) is 0 Å². The van der Waals surface area contributed by atoms with Crippen LogP contribution in [-0.2, 0) is 56.8 Å². The minimum Gasteiger partial charge on any atom is -0.682 e. The van der Waals surface area contributed by atoms with Crippen molar-refractivity contribution >= 4 is 30.6 Å². The van der Waals surface area contributed by atoms with Gasteiger partial charge in [0.05, 0.1) is 0 Å². The molecule has 0 saturated carbocycles. The SMILES string of the molecule is CCCCCCCCCCCCc1cccc(CCCCCCCCCCCC)c1O[P+]([O-])([S-])[S-].[Zn+2]. The quantitative estimate of drug-likeness (QED) is 0.0508. The number of aryl methyl sites for hydroxylation is 2. The summed E-state index contributed by atoms with van der Waals surface area (Å²) in [5.74, 6) is 0.729. The van der Waals surface area contributed by atoms with Gasteiger partial charge in [0.2, 0.25) is 0 Å². The van der Waals surface area contributed by atoms with Gasteiger partial charge in [0.15, 0.2) is 5.75 Å². The minimum absolute atomic E-state index is 0. The zero-order valence-corrected chi connectivity index (χ0v) is 29.1. The van der Waals surface area contributed by atoms with Crippen LogP contribution in [0.4, 0.5) is 0 Å². The smallest absolute Gasteiger partial charge is 0.682 e. The fraction of sp³-hybridized carbons (Fsp3) is 0.800. The van der Waals surface area contributed by atoms with E-state index in [1.807, 2.05) is 0 Å². The van der Waals surface area contributed by atoms with Gasteiger partial charge < -0.3 is 33.9 Å². The first-order valence-electron chi connectivity index (χ1n) is 14.8. The Kier molecular flexibility index (Phi) is 25.3. The van der Waals surface area contributed by atoms with Crippen molar-refractivity contribution in [3.63, 3.8) is 0 Å². The largest absolute Gasteiger partial charge is 2.00 e. The molecule has 6 heteroatoms. The van der Waals surface area contributed by atoms with Crippen LogP contribution in [0.3, 0.4) is 0 Å². The molecule has 0 fully saturated rings. The fourth-order valence-corrected chi connectivity index (χ4v) is 5.77. The first kappa shape index (κ1) is 36.7. The summed E-state index contributed by atoms with van der Waals surface area (Å²) in [4.78, 5) is 12.2. The van der Waals surface area contributed by atoms with Crippen LogP contribution in [-0.4, -0.2) is 0 Å². The maximum atomic E-state index is 12.2. The van der Waals surface area contributed by atoms with Gasteiger partial charge >= 0.3 is 19.5 Å². The Balaban J connectivity index is 0.0000122. The monoisotopic (exact) mass is 604 g/mol. The number of benzene rings is 1. The van der Waals surface area contributed by atoms with Crippen molar-refractivity contribution in [1.29, 1.82) is 0 Å². The van der Waals surface area contributed by atoms with Gasteiger partial charge in [0, 0.05) is 0 Å². The summed E-state index contributed by atoms with van der Waals surface area (Å²) in [6, 6.07) is 6.32. The van der Waals surface area contributed by atoms with Crippen molar-refractivity contribution in [3.8, 4) is 5.75 Å². The molecule has 1 rings (SSSR count). The molecule has 0 saturated heterocycles. The Labute approximate surface area is 248 Å². The van der Waals surface area contributed by atoms with Crippen molar-refractivity contribution in [1.82, 2.24) is 0 Å². The molecule has 0 aromatic heterocycles. The van der Waals surface area contributed by atoms with Crippen LogP contribution < -0.4 is 9.42 Å². The molecule has 1 aromatic carbocycles. The van der Waals surface area contributed by atoms with E-state index in [1.165, 1.54) is 116 Å². The molecule has 0 amide bonds. The summed E-state index contributed by atoms with van der Waals surface area (Å²) >= 11 is 9.95. The summed E-state index contributed by atoms with van der Waals surface area (Å²) in [6.45, 7) is 4.54. The minimum atomic E-state index is -3.41. The first-order valence-corrected chi connectivity index (χ1v) is 18.5. The number of unbranched alkanes of at least 4 members (excludes halogenated alkanes) is 18. The van der Waals surface area contributed by atoms with Crippen LogP contribution in [0.2, 0.25) is 0 Å². The Morgan fingerprint density at radius 2 is 0.889 bits per heavy atom. The van der Waals surface area contributed by atoms with Gasteiger partial charge in [0.1, 0.15) is 0 Å². The maximum absolute atomic E-state index is 12.2. The van der Waals surface area contributed by atoms with E-state index in [9.17, 15) is 4.89 Å². The molecule has 204 valence electrons. The van der Waals surface area contributed by atoms with E-state index in [0.717, 1.165) is 42.6 Å². The van der Waals surface area contributed by atoms with Gasteiger partial charge in [-0.2, -0.15) is 0 Å². The van der Waals surface area contributed by atoms with Crippen molar-refractivity contribution in [2.45, 2.75) is 155 Å². The predicted molar refractivity (Wildman–Crippen MR) is 160 cm³/mol. The Hall–Kier alpha value is 0.733. The summed E-state index contributed by atoms with van der Waals surface area (Å²) in [6.07, 6.45) is 24.9. The molecule has 0 atom stereocenters. The zero-order valence-electron chi connectivity index (χ0n) is 23.6. The van der Waals surface area contributed by atoms with Crippen LogP contribution in [0.25, 0.3) is 0 Å². The van der Waals surface area contributed by atoms with Gasteiger partial charge in [-0.1, -0.05) is 148 Å². The summed E-state index contributed by atoms with van der Waals surface area (Å²) in [7, 11) is 0. The molecule has 0 aliphatic carbocycles. The normalized spacial score (nSPS) is 11.5. The number of hydrogen-bond acceptors (Lipinski definition) is 4. The van der Waals surface area contributed by atoms with E-state index in [2.05, 4.69) is 32.0 Å². The molecule has 0 spiro atoms. The molecule has 0 N–H and O–H groups in total. The zero-order chi connectivity index (χ0) is 25.6. The Bertz CT molecular complexity index is 583. The number of rotatable bonds is 24. The maximum Gasteiger partial charge on any atom is 2.00 e. The molecule has 0 heterocycles. The van der Waals surface area contributed by atoms with E-state index in [4.69, 9.17) is 29.0 Å². The van der Waals surface area contributed by atoms with Crippen molar-refractivity contribution in [3.05, 3.63) is 29.3 Å². The average Bonchev–Trinajstić information content (AvgIpc) is 2.82. The van der Waals surface area contributed by atoms with E-state index in [1.54, 1.807) is 0 Å². The second-order valence-electron chi connectivity index (χ2n) is 10.3. The second-order valence-corrected chi connectivity index (χ2v) is 15.0. The van der Waals surface area contributed by atoms with Crippen LogP contribution in [0.15, 0.2) is 18.2 Å². The third-order valence-corrected chi connectivity index (χ3v) is 7.83. The van der Waals surface area contributed by atoms with E-state index < -0.39 is 6.12 Å². The molecular weight excluding hydrogens is 553 g/mol. The summed E-state index contributed by atoms with van der Waals surface area (Å²) in [5.41, 5.74) is 2.26. The molecule has 0 aliphatic rings. The molecule has 0 bridgehead atoms. The first-order chi connectivity index (χ1) is 17.0. The van der Waals surface area contributed by atoms with E-state index in [-0.39, 0.29) is 19.5 Å². The van der Waals surface area contributed by atoms with Gasteiger partial charge in [-0.15, -0.1) is 6.12 Å². The third-order valence-electron chi connectivity index (χ3n) is 6.98. The van der Waals surface area contributed by atoms with Crippen LogP contribution in [0.1, 0.15) is 153 Å². The number of para-hydroxylation sites is 1. The van der Waals surface area contributed by atoms with Crippen LogP contribution in [0.5, 0.6) is 5.75 Å². The summed E-state index contributed by atoms with van der Waals surface area (Å²) < 4.78 is 5.73. The van der Waals surface area contributed by atoms with Crippen LogP contribution in [0, 0.1) is 0 Å². The summed E-state index contributed by atoms with van der Waals surface area (Å²) in [5, 5.41) is 0.